The lowest BCUT2D eigenvalue weighted by Crippen LogP contribution is -2.56. The molecule has 0 spiro atoms. The molecule has 1 N–H and O–H groups in total. The summed E-state index contributed by atoms with van der Waals surface area (Å²) in [5, 5.41) is 8.96. The van der Waals surface area contributed by atoms with Gasteiger partial charge in [-0.3, -0.25) is 4.79 Å². The first-order valence-electron chi connectivity index (χ1n) is 4.64. The van der Waals surface area contributed by atoms with Gasteiger partial charge in [0.05, 0.1) is 0 Å². The molecule has 0 rings (SSSR count). The van der Waals surface area contributed by atoms with Crippen molar-refractivity contribution in [2.24, 2.45) is 0 Å². The smallest absolute Gasteiger partial charge is 0.329 e. The molecule has 88 valence electrons. The Hall–Kier alpha value is -1.10. The van der Waals surface area contributed by atoms with Crippen LogP contribution >= 0.6 is 0 Å². The number of ether oxygens (including phenoxy) is 1. The standard InChI is InChI=1S/C10H19NO4/c1-9(2,8(13)14)11(5)7(12)10(3,4)15-6/h1-6H3,(H,13,14). The van der Waals surface area contributed by atoms with Gasteiger partial charge in [-0.1, -0.05) is 0 Å². The third kappa shape index (κ3) is 2.68. The van der Waals surface area contributed by atoms with Crippen molar-refractivity contribution in [3.8, 4) is 0 Å². The van der Waals surface area contributed by atoms with Gasteiger partial charge in [-0.25, -0.2) is 4.79 Å². The Bertz CT molecular complexity index is 271. The molecule has 5 heteroatoms. The summed E-state index contributed by atoms with van der Waals surface area (Å²) in [6.07, 6.45) is 0. The number of aliphatic carboxylic acids is 1. The van der Waals surface area contributed by atoms with Crippen LogP contribution in [0, 0.1) is 0 Å². The summed E-state index contributed by atoms with van der Waals surface area (Å²) in [6, 6.07) is 0. The Morgan fingerprint density at radius 1 is 1.20 bits per heavy atom. The highest BCUT2D eigenvalue weighted by molar-refractivity contribution is 5.90. The lowest BCUT2D eigenvalue weighted by molar-refractivity contribution is -0.164. The molecule has 0 unspecified atom stereocenters. The van der Waals surface area contributed by atoms with Crippen molar-refractivity contribution in [3.05, 3.63) is 0 Å². The fourth-order valence-corrected chi connectivity index (χ4v) is 0.889. The Morgan fingerprint density at radius 2 is 1.60 bits per heavy atom. The molecule has 0 saturated heterocycles. The molecule has 0 bridgehead atoms. The maximum atomic E-state index is 11.9. The monoisotopic (exact) mass is 217 g/mol. The van der Waals surface area contributed by atoms with Crippen molar-refractivity contribution < 1.29 is 19.4 Å². The Morgan fingerprint density at radius 3 is 1.87 bits per heavy atom. The number of hydrogen-bond acceptors (Lipinski definition) is 3. The van der Waals surface area contributed by atoms with Crippen molar-refractivity contribution in [1.29, 1.82) is 0 Å². The minimum atomic E-state index is -1.24. The molecule has 0 aromatic carbocycles. The van der Waals surface area contributed by atoms with Crippen LogP contribution in [0.1, 0.15) is 27.7 Å². The minimum Gasteiger partial charge on any atom is -0.480 e. The summed E-state index contributed by atoms with van der Waals surface area (Å²) in [5.74, 6) is -1.41. The lowest BCUT2D eigenvalue weighted by atomic mass is 10.00. The SMILES string of the molecule is COC(C)(C)C(=O)N(C)C(C)(C)C(=O)O. The summed E-state index contributed by atoms with van der Waals surface area (Å²) in [5.41, 5.74) is -2.26. The van der Waals surface area contributed by atoms with Gasteiger partial charge in [0, 0.05) is 14.2 Å². The largest absolute Gasteiger partial charge is 0.480 e. The maximum Gasteiger partial charge on any atom is 0.329 e. The summed E-state index contributed by atoms with van der Waals surface area (Å²) in [4.78, 5) is 24.0. The zero-order valence-corrected chi connectivity index (χ0v) is 10.1. The van der Waals surface area contributed by atoms with Gasteiger partial charge in [0.15, 0.2) is 0 Å². The number of likely N-dealkylation sites (N-methyl/N-ethyl adjacent to an activating group) is 1. The van der Waals surface area contributed by atoms with Crippen molar-refractivity contribution >= 4 is 11.9 Å². The summed E-state index contributed by atoms with van der Waals surface area (Å²) in [7, 11) is 2.87. The maximum absolute atomic E-state index is 11.9. The van der Waals surface area contributed by atoms with Crippen molar-refractivity contribution in [2.75, 3.05) is 14.2 Å². The van der Waals surface area contributed by atoms with Crippen LogP contribution in [0.15, 0.2) is 0 Å². The molecular weight excluding hydrogens is 198 g/mol. The molecule has 0 aliphatic carbocycles. The van der Waals surface area contributed by atoms with Gasteiger partial charge in [0.1, 0.15) is 11.1 Å². The number of amides is 1. The molecule has 0 fully saturated rings. The number of hydrogen-bond donors (Lipinski definition) is 1. The van der Waals surface area contributed by atoms with E-state index in [1.54, 1.807) is 13.8 Å². The van der Waals surface area contributed by atoms with Crippen LogP contribution in [0.2, 0.25) is 0 Å². The Kier molecular flexibility index (Phi) is 3.88. The molecule has 0 aliphatic heterocycles. The summed E-state index contributed by atoms with van der Waals surface area (Å²) in [6.45, 7) is 6.14. The van der Waals surface area contributed by atoms with E-state index in [4.69, 9.17) is 9.84 Å². The highest BCUT2D eigenvalue weighted by Crippen LogP contribution is 2.19. The number of methoxy groups -OCH3 is 1. The van der Waals surface area contributed by atoms with E-state index in [0.717, 1.165) is 0 Å². The van der Waals surface area contributed by atoms with E-state index < -0.39 is 17.1 Å². The number of carboxylic acids is 1. The molecule has 0 radical (unpaired) electrons. The molecule has 0 aromatic heterocycles. The molecule has 0 heterocycles. The van der Waals surface area contributed by atoms with Gasteiger partial charge in [-0.15, -0.1) is 0 Å². The van der Waals surface area contributed by atoms with Crippen LogP contribution in [0.3, 0.4) is 0 Å². The fourth-order valence-electron chi connectivity index (χ4n) is 0.889. The summed E-state index contributed by atoms with van der Waals surface area (Å²) < 4.78 is 5.01. The van der Waals surface area contributed by atoms with Gasteiger partial charge < -0.3 is 14.7 Å². The van der Waals surface area contributed by atoms with Gasteiger partial charge in [0.2, 0.25) is 0 Å². The minimum absolute atomic E-state index is 0.364. The topological polar surface area (TPSA) is 66.8 Å². The summed E-state index contributed by atoms with van der Waals surface area (Å²) >= 11 is 0. The first-order chi connectivity index (χ1) is 6.57. The third-order valence-electron chi connectivity index (χ3n) is 2.69. The first kappa shape index (κ1) is 13.9. The zero-order chi connectivity index (χ0) is 12.4. The molecular formula is C10H19NO4. The predicted octanol–water partition coefficient (Wildman–Crippen LogP) is 0.733. The highest BCUT2D eigenvalue weighted by Gasteiger charge is 2.41. The predicted molar refractivity (Wildman–Crippen MR) is 55.6 cm³/mol. The normalized spacial score (nSPS) is 12.4. The molecule has 0 atom stereocenters. The van der Waals surface area contributed by atoms with Crippen LogP contribution in [0.5, 0.6) is 0 Å². The molecule has 0 saturated carbocycles. The average Bonchev–Trinajstić information content (AvgIpc) is 2.15. The average molecular weight is 217 g/mol. The molecule has 5 nitrogen and oxygen atoms in total. The first-order valence-corrected chi connectivity index (χ1v) is 4.64. The number of carbonyl (C=O) groups excluding carboxylic acids is 1. The van der Waals surface area contributed by atoms with Crippen LogP contribution in [0.4, 0.5) is 0 Å². The van der Waals surface area contributed by atoms with Gasteiger partial charge in [0.25, 0.3) is 5.91 Å². The van der Waals surface area contributed by atoms with E-state index in [-0.39, 0.29) is 5.91 Å². The van der Waals surface area contributed by atoms with E-state index >= 15 is 0 Å². The second-order valence-electron chi connectivity index (χ2n) is 4.44. The number of nitrogens with zero attached hydrogens (tertiary/aromatic N) is 1. The number of rotatable bonds is 4. The van der Waals surface area contributed by atoms with Crippen molar-refractivity contribution in [2.45, 2.75) is 38.8 Å². The quantitative estimate of drug-likeness (QED) is 0.754. The van der Waals surface area contributed by atoms with E-state index in [2.05, 4.69) is 0 Å². The number of carbonyl (C=O) groups is 2. The van der Waals surface area contributed by atoms with E-state index in [9.17, 15) is 9.59 Å². The van der Waals surface area contributed by atoms with Gasteiger partial charge in [-0.05, 0) is 27.7 Å². The van der Waals surface area contributed by atoms with Gasteiger partial charge in [-0.2, -0.15) is 0 Å². The molecule has 15 heavy (non-hydrogen) atoms. The van der Waals surface area contributed by atoms with Crippen LogP contribution in [0.25, 0.3) is 0 Å². The highest BCUT2D eigenvalue weighted by atomic mass is 16.5. The fraction of sp³-hybridized carbons (Fsp3) is 0.800. The number of carboxylic acid groups (broad SMARTS) is 1. The van der Waals surface area contributed by atoms with Crippen molar-refractivity contribution in [1.82, 2.24) is 4.90 Å². The molecule has 0 aromatic rings. The van der Waals surface area contributed by atoms with Crippen molar-refractivity contribution in [3.63, 3.8) is 0 Å². The third-order valence-corrected chi connectivity index (χ3v) is 2.69. The second kappa shape index (κ2) is 4.18. The lowest BCUT2D eigenvalue weighted by Gasteiger charge is -2.36. The van der Waals surface area contributed by atoms with Crippen LogP contribution < -0.4 is 0 Å². The molecule has 0 aliphatic rings. The van der Waals surface area contributed by atoms with E-state index in [1.165, 1.54) is 32.9 Å². The Labute approximate surface area is 90.0 Å². The molecule has 1 amide bonds. The van der Waals surface area contributed by atoms with Gasteiger partial charge >= 0.3 is 5.97 Å². The second-order valence-corrected chi connectivity index (χ2v) is 4.44. The van der Waals surface area contributed by atoms with Crippen LogP contribution in [-0.4, -0.2) is 47.2 Å². The zero-order valence-electron chi connectivity index (χ0n) is 10.1. The van der Waals surface area contributed by atoms with E-state index in [0.29, 0.717) is 0 Å². The van der Waals surface area contributed by atoms with E-state index in [1.807, 2.05) is 0 Å². The van der Waals surface area contributed by atoms with Crippen LogP contribution in [-0.2, 0) is 14.3 Å². The Balaban J connectivity index is 4.96.